The van der Waals surface area contributed by atoms with Gasteiger partial charge in [0.05, 0.1) is 22.2 Å². The summed E-state index contributed by atoms with van der Waals surface area (Å²) < 4.78 is 5.90. The molecule has 2 atom stereocenters. The fraction of sp³-hybridized carbons (Fsp3) is 0.600. The molecule has 0 spiro atoms. The van der Waals surface area contributed by atoms with E-state index in [2.05, 4.69) is 26.1 Å². The lowest BCUT2D eigenvalue weighted by Gasteiger charge is -2.31. The molecule has 0 aromatic heterocycles. The molecular formula is C15H23Cl2NO. The van der Waals surface area contributed by atoms with Crippen molar-refractivity contribution in [3.8, 4) is 0 Å². The van der Waals surface area contributed by atoms with E-state index in [1.165, 1.54) is 0 Å². The first-order valence-electron chi connectivity index (χ1n) is 6.81. The lowest BCUT2D eigenvalue weighted by molar-refractivity contribution is 0.00320. The van der Waals surface area contributed by atoms with Gasteiger partial charge in [-0.05, 0) is 31.0 Å². The minimum atomic E-state index is 0.0520. The van der Waals surface area contributed by atoms with Gasteiger partial charge in [0.25, 0.3) is 0 Å². The number of hydrogen-bond donors (Lipinski definition) is 1. The van der Waals surface area contributed by atoms with Crippen LogP contribution in [0.3, 0.4) is 0 Å². The molecule has 0 fully saturated rings. The zero-order chi connectivity index (χ0) is 14.4. The van der Waals surface area contributed by atoms with Gasteiger partial charge in [0, 0.05) is 6.61 Å². The fourth-order valence-electron chi connectivity index (χ4n) is 2.25. The summed E-state index contributed by atoms with van der Waals surface area (Å²) in [4.78, 5) is 0. The monoisotopic (exact) mass is 303 g/mol. The van der Waals surface area contributed by atoms with Crippen LogP contribution in [0.5, 0.6) is 0 Å². The topological polar surface area (TPSA) is 21.3 Å². The second kappa shape index (κ2) is 8.11. The number of ether oxygens (including phenoxy) is 1. The molecule has 4 heteroatoms. The normalized spacial score (nSPS) is 14.7. The Kier molecular flexibility index (Phi) is 7.16. The molecule has 108 valence electrons. The Morgan fingerprint density at radius 1 is 1.21 bits per heavy atom. The third-order valence-corrected chi connectivity index (χ3v) is 3.92. The molecule has 0 bridgehead atoms. The minimum absolute atomic E-state index is 0.0520. The molecule has 19 heavy (non-hydrogen) atoms. The Labute approximate surface area is 126 Å². The van der Waals surface area contributed by atoms with Crippen LogP contribution in [0.15, 0.2) is 18.2 Å². The highest BCUT2D eigenvalue weighted by Gasteiger charge is 2.27. The number of likely N-dealkylation sites (N-methyl/N-ethyl adjacent to an activating group) is 1. The summed E-state index contributed by atoms with van der Waals surface area (Å²) in [5, 5.41) is 4.66. The van der Waals surface area contributed by atoms with Crippen molar-refractivity contribution in [3.05, 3.63) is 33.8 Å². The predicted octanol–water partition coefficient (Wildman–Crippen LogP) is 4.71. The maximum Gasteiger partial charge on any atom is 0.0792 e. The maximum atomic E-state index is 6.35. The summed E-state index contributed by atoms with van der Waals surface area (Å²) in [5.74, 6) is 0.388. The summed E-state index contributed by atoms with van der Waals surface area (Å²) >= 11 is 12.5. The predicted molar refractivity (Wildman–Crippen MR) is 83.1 cm³/mol. The first-order chi connectivity index (χ1) is 9.02. The molecule has 1 aromatic rings. The van der Waals surface area contributed by atoms with E-state index in [0.29, 0.717) is 22.6 Å². The lowest BCUT2D eigenvalue weighted by atomic mass is 9.93. The summed E-state index contributed by atoms with van der Waals surface area (Å²) in [7, 11) is 0. The average molecular weight is 304 g/mol. The summed E-state index contributed by atoms with van der Waals surface area (Å²) in [6.45, 7) is 9.94. The highest BCUT2D eigenvalue weighted by molar-refractivity contribution is 6.42. The van der Waals surface area contributed by atoms with Gasteiger partial charge < -0.3 is 10.1 Å². The molecule has 2 nitrogen and oxygen atoms in total. The Bertz CT molecular complexity index is 396. The summed E-state index contributed by atoms with van der Waals surface area (Å²) in [6.07, 6.45) is 0.0703. The van der Waals surface area contributed by atoms with E-state index in [0.717, 1.165) is 12.1 Å². The van der Waals surface area contributed by atoms with Crippen molar-refractivity contribution >= 4 is 23.2 Å². The minimum Gasteiger partial charge on any atom is -0.376 e. The van der Waals surface area contributed by atoms with Crippen LogP contribution in [0.4, 0.5) is 0 Å². The smallest absolute Gasteiger partial charge is 0.0792 e. The van der Waals surface area contributed by atoms with Crippen LogP contribution in [-0.4, -0.2) is 19.3 Å². The number of nitrogens with one attached hydrogen (secondary N) is 1. The largest absolute Gasteiger partial charge is 0.376 e. The molecule has 0 heterocycles. The zero-order valence-corrected chi connectivity index (χ0v) is 13.6. The van der Waals surface area contributed by atoms with Crippen molar-refractivity contribution < 1.29 is 4.74 Å². The van der Waals surface area contributed by atoms with Crippen LogP contribution in [0.2, 0.25) is 10.0 Å². The van der Waals surface area contributed by atoms with E-state index in [-0.39, 0.29) is 12.1 Å². The van der Waals surface area contributed by atoms with Crippen molar-refractivity contribution in [2.75, 3.05) is 13.2 Å². The highest BCUT2D eigenvalue weighted by atomic mass is 35.5. The Morgan fingerprint density at radius 3 is 2.42 bits per heavy atom. The Hall–Kier alpha value is -0.280. The molecule has 1 N–H and O–H groups in total. The quantitative estimate of drug-likeness (QED) is 0.788. The van der Waals surface area contributed by atoms with Gasteiger partial charge in [0.1, 0.15) is 0 Å². The molecule has 2 unspecified atom stereocenters. The van der Waals surface area contributed by atoms with Crippen LogP contribution >= 0.6 is 23.2 Å². The molecule has 0 saturated carbocycles. The number of hydrogen-bond acceptors (Lipinski definition) is 2. The van der Waals surface area contributed by atoms with E-state index < -0.39 is 0 Å². The third kappa shape index (κ3) is 4.35. The summed E-state index contributed by atoms with van der Waals surface area (Å²) in [5.41, 5.74) is 1.00. The molecule has 1 aromatic carbocycles. The molecule has 0 aliphatic carbocycles. The number of halogens is 2. The zero-order valence-electron chi connectivity index (χ0n) is 12.0. The fourth-order valence-corrected chi connectivity index (χ4v) is 2.68. The number of rotatable bonds is 7. The van der Waals surface area contributed by atoms with Crippen LogP contribution in [-0.2, 0) is 4.74 Å². The van der Waals surface area contributed by atoms with Crippen molar-refractivity contribution in [1.82, 2.24) is 5.32 Å². The first kappa shape index (κ1) is 16.8. The van der Waals surface area contributed by atoms with Crippen LogP contribution in [0.25, 0.3) is 0 Å². The standard InChI is InChI=1S/C15H23Cl2NO/c1-5-18-14(15(10(3)4)19-6-2)11-8-7-9-12(16)13(11)17/h7-10,14-15,18H,5-6H2,1-4H3. The third-order valence-electron chi connectivity index (χ3n) is 3.09. The molecule has 1 rings (SSSR count). The van der Waals surface area contributed by atoms with Gasteiger partial charge >= 0.3 is 0 Å². The van der Waals surface area contributed by atoms with E-state index in [1.54, 1.807) is 6.07 Å². The second-order valence-corrected chi connectivity index (χ2v) is 5.63. The van der Waals surface area contributed by atoms with E-state index in [1.807, 2.05) is 19.1 Å². The van der Waals surface area contributed by atoms with Gasteiger partial charge in [0.2, 0.25) is 0 Å². The second-order valence-electron chi connectivity index (χ2n) is 4.84. The van der Waals surface area contributed by atoms with Crippen molar-refractivity contribution in [3.63, 3.8) is 0 Å². The molecule has 0 aliphatic rings. The Balaban J connectivity index is 3.14. The highest BCUT2D eigenvalue weighted by Crippen LogP contribution is 2.34. The summed E-state index contributed by atoms with van der Waals surface area (Å²) in [6, 6.07) is 5.80. The molecule has 0 amide bonds. The van der Waals surface area contributed by atoms with Crippen LogP contribution < -0.4 is 5.32 Å². The van der Waals surface area contributed by atoms with Gasteiger partial charge in [-0.2, -0.15) is 0 Å². The van der Waals surface area contributed by atoms with Crippen LogP contribution in [0.1, 0.15) is 39.3 Å². The molecule has 0 radical (unpaired) electrons. The molecule has 0 saturated heterocycles. The van der Waals surface area contributed by atoms with Gasteiger partial charge in [0.15, 0.2) is 0 Å². The SMILES string of the molecule is CCNC(c1cccc(Cl)c1Cl)C(OCC)C(C)C. The van der Waals surface area contributed by atoms with E-state index >= 15 is 0 Å². The van der Waals surface area contributed by atoms with Crippen molar-refractivity contribution in [2.45, 2.75) is 39.8 Å². The van der Waals surface area contributed by atoms with Crippen molar-refractivity contribution in [2.24, 2.45) is 5.92 Å². The van der Waals surface area contributed by atoms with Crippen LogP contribution in [0, 0.1) is 5.92 Å². The van der Waals surface area contributed by atoms with Crippen molar-refractivity contribution in [1.29, 1.82) is 0 Å². The van der Waals surface area contributed by atoms with Gasteiger partial charge in [-0.3, -0.25) is 0 Å². The van der Waals surface area contributed by atoms with Gasteiger partial charge in [-0.1, -0.05) is 56.1 Å². The maximum absolute atomic E-state index is 6.35. The molecular weight excluding hydrogens is 281 g/mol. The average Bonchev–Trinajstić information content (AvgIpc) is 2.37. The number of benzene rings is 1. The van der Waals surface area contributed by atoms with E-state index in [9.17, 15) is 0 Å². The lowest BCUT2D eigenvalue weighted by Crippen LogP contribution is -2.37. The van der Waals surface area contributed by atoms with Gasteiger partial charge in [-0.15, -0.1) is 0 Å². The van der Waals surface area contributed by atoms with E-state index in [4.69, 9.17) is 27.9 Å². The first-order valence-corrected chi connectivity index (χ1v) is 7.57. The Morgan fingerprint density at radius 2 is 1.89 bits per heavy atom. The van der Waals surface area contributed by atoms with Gasteiger partial charge in [-0.25, -0.2) is 0 Å². The molecule has 0 aliphatic heterocycles.